The van der Waals surface area contributed by atoms with Crippen LogP contribution in [0.25, 0.3) is 0 Å². The summed E-state index contributed by atoms with van der Waals surface area (Å²) in [5, 5.41) is 2.95. The second-order valence-electron chi connectivity index (χ2n) is 2.60. The van der Waals surface area contributed by atoms with Crippen molar-refractivity contribution in [1.29, 1.82) is 0 Å². The van der Waals surface area contributed by atoms with Gasteiger partial charge in [0, 0.05) is 0 Å². The van der Waals surface area contributed by atoms with Crippen LogP contribution < -0.4 is 11.1 Å². The minimum atomic E-state index is 0.196. The highest BCUT2D eigenvalue weighted by atomic mass is 16.3. The molecule has 3 N–H and O–H groups in total. The van der Waals surface area contributed by atoms with Crippen molar-refractivity contribution < 1.29 is 4.42 Å². The molecule has 0 aliphatic carbocycles. The molecule has 2 heterocycles. The van der Waals surface area contributed by atoms with Crippen molar-refractivity contribution in [3.63, 3.8) is 0 Å². The largest absolute Gasteiger partial charge is 0.467 e. The van der Waals surface area contributed by atoms with E-state index >= 15 is 0 Å². The van der Waals surface area contributed by atoms with Gasteiger partial charge in [0.1, 0.15) is 12.1 Å². The van der Waals surface area contributed by atoms with Crippen LogP contribution in [0.2, 0.25) is 0 Å². The quantitative estimate of drug-likeness (QED) is 0.740. The minimum Gasteiger partial charge on any atom is -0.467 e. The van der Waals surface area contributed by atoms with Crippen LogP contribution in [0.3, 0.4) is 0 Å². The summed E-state index contributed by atoms with van der Waals surface area (Å²) in [6.45, 7) is 0.524. The second kappa shape index (κ2) is 3.73. The molecule has 0 atom stereocenters. The molecule has 0 aliphatic heterocycles. The zero-order chi connectivity index (χ0) is 9.80. The van der Waals surface area contributed by atoms with Crippen LogP contribution in [0.5, 0.6) is 0 Å². The molecule has 0 amide bonds. The van der Waals surface area contributed by atoms with E-state index in [1.54, 1.807) is 6.26 Å². The first-order valence-electron chi connectivity index (χ1n) is 4.05. The molecule has 0 aliphatic rings. The van der Waals surface area contributed by atoms with E-state index < -0.39 is 0 Å². The lowest BCUT2D eigenvalue weighted by Crippen LogP contribution is -2.05. The van der Waals surface area contributed by atoms with Crippen molar-refractivity contribution in [1.82, 2.24) is 15.0 Å². The molecule has 0 saturated heterocycles. The van der Waals surface area contributed by atoms with Crippen molar-refractivity contribution in [2.75, 3.05) is 11.1 Å². The maximum atomic E-state index is 5.38. The molecular weight excluding hydrogens is 182 g/mol. The lowest BCUT2D eigenvalue weighted by Gasteiger charge is -2.01. The first kappa shape index (κ1) is 8.49. The van der Waals surface area contributed by atoms with E-state index in [1.807, 2.05) is 12.1 Å². The van der Waals surface area contributed by atoms with E-state index in [0.29, 0.717) is 12.5 Å². The third-order valence-corrected chi connectivity index (χ3v) is 1.59. The van der Waals surface area contributed by atoms with Gasteiger partial charge in [-0.3, -0.25) is 0 Å². The third kappa shape index (κ3) is 1.98. The zero-order valence-electron chi connectivity index (χ0n) is 7.34. The van der Waals surface area contributed by atoms with E-state index in [2.05, 4.69) is 20.3 Å². The van der Waals surface area contributed by atoms with Gasteiger partial charge in [-0.25, -0.2) is 9.97 Å². The Morgan fingerprint density at radius 1 is 1.43 bits per heavy atom. The van der Waals surface area contributed by atoms with E-state index in [4.69, 9.17) is 10.2 Å². The average molecular weight is 191 g/mol. The van der Waals surface area contributed by atoms with Crippen LogP contribution in [-0.2, 0) is 6.54 Å². The summed E-state index contributed by atoms with van der Waals surface area (Å²) >= 11 is 0. The van der Waals surface area contributed by atoms with Crippen molar-refractivity contribution >= 4 is 11.9 Å². The molecule has 0 saturated carbocycles. The maximum absolute atomic E-state index is 5.38. The van der Waals surface area contributed by atoms with E-state index in [9.17, 15) is 0 Å². The molecule has 72 valence electrons. The topological polar surface area (TPSA) is 89.9 Å². The zero-order valence-corrected chi connectivity index (χ0v) is 7.34. The Balaban J connectivity index is 1.98. The molecule has 2 aromatic rings. The lowest BCUT2D eigenvalue weighted by atomic mass is 10.4. The van der Waals surface area contributed by atoms with Crippen LogP contribution in [0.1, 0.15) is 5.76 Å². The van der Waals surface area contributed by atoms with Gasteiger partial charge in [-0.2, -0.15) is 4.98 Å². The summed E-state index contributed by atoms with van der Waals surface area (Å²) in [5.41, 5.74) is 5.38. The molecule has 2 aromatic heterocycles. The van der Waals surface area contributed by atoms with Gasteiger partial charge in [-0.1, -0.05) is 0 Å². The smallest absolute Gasteiger partial charge is 0.227 e. The van der Waals surface area contributed by atoms with E-state index in [-0.39, 0.29) is 5.95 Å². The van der Waals surface area contributed by atoms with E-state index in [0.717, 1.165) is 5.76 Å². The van der Waals surface area contributed by atoms with Gasteiger partial charge < -0.3 is 15.5 Å². The van der Waals surface area contributed by atoms with Gasteiger partial charge in [0.25, 0.3) is 0 Å². The fourth-order valence-corrected chi connectivity index (χ4v) is 0.973. The maximum Gasteiger partial charge on any atom is 0.227 e. The van der Waals surface area contributed by atoms with Gasteiger partial charge in [0.2, 0.25) is 11.9 Å². The Hall–Kier alpha value is -2.11. The second-order valence-corrected chi connectivity index (χ2v) is 2.60. The molecule has 0 unspecified atom stereocenters. The van der Waals surface area contributed by atoms with Crippen LogP contribution in [0, 0.1) is 0 Å². The average Bonchev–Trinajstić information content (AvgIpc) is 2.67. The number of rotatable bonds is 3. The number of aromatic nitrogens is 3. The van der Waals surface area contributed by atoms with Crippen LogP contribution in [0.15, 0.2) is 29.1 Å². The summed E-state index contributed by atoms with van der Waals surface area (Å²) in [4.78, 5) is 11.4. The Morgan fingerprint density at radius 2 is 2.36 bits per heavy atom. The number of nitrogens with zero attached hydrogens (tertiary/aromatic N) is 3. The predicted octanol–water partition coefficient (Wildman–Crippen LogP) is 0.659. The van der Waals surface area contributed by atoms with Crippen LogP contribution in [-0.4, -0.2) is 15.0 Å². The first-order valence-corrected chi connectivity index (χ1v) is 4.05. The molecule has 6 heteroatoms. The van der Waals surface area contributed by atoms with Gasteiger partial charge in [-0.05, 0) is 12.1 Å². The molecule has 0 fully saturated rings. The first-order chi connectivity index (χ1) is 6.84. The van der Waals surface area contributed by atoms with Gasteiger partial charge in [0.05, 0.1) is 12.8 Å². The predicted molar refractivity (Wildman–Crippen MR) is 50.3 cm³/mol. The number of nitrogens with two attached hydrogens (primary N) is 1. The summed E-state index contributed by atoms with van der Waals surface area (Å²) in [6, 6.07) is 3.68. The number of hydrogen-bond donors (Lipinski definition) is 2. The van der Waals surface area contributed by atoms with Crippen molar-refractivity contribution in [2.45, 2.75) is 6.54 Å². The fraction of sp³-hybridized carbons (Fsp3) is 0.125. The molecule has 0 bridgehead atoms. The summed E-state index contributed by atoms with van der Waals surface area (Å²) < 4.78 is 5.12. The Bertz CT molecular complexity index is 400. The lowest BCUT2D eigenvalue weighted by molar-refractivity contribution is 0.517. The summed E-state index contributed by atoms with van der Waals surface area (Å²) in [5.74, 6) is 1.44. The van der Waals surface area contributed by atoms with Gasteiger partial charge >= 0.3 is 0 Å². The molecule has 6 nitrogen and oxygen atoms in total. The Labute approximate surface area is 80.2 Å². The molecule has 0 aromatic carbocycles. The molecule has 0 radical (unpaired) electrons. The van der Waals surface area contributed by atoms with Crippen molar-refractivity contribution in [3.8, 4) is 0 Å². The van der Waals surface area contributed by atoms with Crippen LogP contribution in [0.4, 0.5) is 11.9 Å². The third-order valence-electron chi connectivity index (χ3n) is 1.59. The van der Waals surface area contributed by atoms with Crippen molar-refractivity contribution in [2.24, 2.45) is 0 Å². The summed E-state index contributed by atoms with van der Waals surface area (Å²) in [7, 11) is 0. The van der Waals surface area contributed by atoms with Gasteiger partial charge in [0.15, 0.2) is 0 Å². The van der Waals surface area contributed by atoms with Crippen molar-refractivity contribution in [3.05, 3.63) is 30.5 Å². The van der Waals surface area contributed by atoms with E-state index in [1.165, 1.54) is 6.33 Å². The number of hydrogen-bond acceptors (Lipinski definition) is 6. The van der Waals surface area contributed by atoms with Gasteiger partial charge in [-0.15, -0.1) is 0 Å². The Kier molecular flexibility index (Phi) is 2.26. The Morgan fingerprint density at radius 3 is 3.07 bits per heavy atom. The SMILES string of the molecule is Nc1ncnc(NCc2ccco2)n1. The minimum absolute atomic E-state index is 0.196. The number of anilines is 2. The molecular formula is C8H9N5O. The number of nitrogen functional groups attached to an aromatic ring is 1. The monoisotopic (exact) mass is 191 g/mol. The number of furan rings is 1. The number of nitrogens with one attached hydrogen (secondary N) is 1. The molecule has 0 spiro atoms. The molecule has 2 rings (SSSR count). The highest BCUT2D eigenvalue weighted by molar-refractivity contribution is 5.29. The summed E-state index contributed by atoms with van der Waals surface area (Å²) in [6.07, 6.45) is 2.96. The highest BCUT2D eigenvalue weighted by Crippen LogP contribution is 2.03. The fourth-order valence-electron chi connectivity index (χ4n) is 0.973. The standard InChI is InChI=1S/C8H9N5O/c9-7-11-5-12-8(13-7)10-4-6-2-1-3-14-6/h1-3,5H,4H2,(H3,9,10,11,12,13). The van der Waals surface area contributed by atoms with Crippen LogP contribution >= 0.6 is 0 Å². The highest BCUT2D eigenvalue weighted by Gasteiger charge is 1.98. The normalized spacial score (nSPS) is 10.0. The molecule has 14 heavy (non-hydrogen) atoms.